The van der Waals surface area contributed by atoms with Gasteiger partial charge in [0.1, 0.15) is 5.70 Å². The number of hydrogen-bond donors (Lipinski definition) is 1. The topological polar surface area (TPSA) is 73.9 Å². The number of carbonyl (C=O) groups is 2. The molecule has 0 unspecified atom stereocenters. The number of ether oxygens (including phenoxy) is 3. The van der Waals surface area contributed by atoms with Crippen LogP contribution in [0, 0.1) is 5.41 Å². The van der Waals surface area contributed by atoms with Crippen LogP contribution in [0.4, 0.5) is 4.79 Å². The maximum Gasteiger partial charge on any atom is 0.411 e. The van der Waals surface area contributed by atoms with Crippen LogP contribution in [0.25, 0.3) is 0 Å². The second-order valence-corrected chi connectivity index (χ2v) is 4.43. The van der Waals surface area contributed by atoms with E-state index in [0.29, 0.717) is 0 Å². The summed E-state index contributed by atoms with van der Waals surface area (Å²) in [5.41, 5.74) is 1.29. The third-order valence-electron chi connectivity index (χ3n) is 3.15. The summed E-state index contributed by atoms with van der Waals surface area (Å²) in [6.07, 6.45) is 0.867. The van der Waals surface area contributed by atoms with Gasteiger partial charge in [0.05, 0.1) is 27.4 Å². The van der Waals surface area contributed by atoms with Crippen LogP contribution in [0.1, 0.15) is 12.8 Å². The second-order valence-electron chi connectivity index (χ2n) is 4.43. The number of alkyl carbamates (subject to hydrolysis) is 1. The van der Waals surface area contributed by atoms with Crippen LogP contribution < -0.4 is 5.32 Å². The summed E-state index contributed by atoms with van der Waals surface area (Å²) in [6, 6.07) is 0. The molecule has 1 spiro atoms. The number of rotatable bonds is 2. The highest BCUT2D eigenvalue weighted by Gasteiger charge is 2.48. The van der Waals surface area contributed by atoms with E-state index in [-0.39, 0.29) is 11.1 Å². The molecule has 6 heteroatoms. The molecule has 94 valence electrons. The Morgan fingerprint density at radius 1 is 1.24 bits per heavy atom. The smallest absolute Gasteiger partial charge is 0.411 e. The van der Waals surface area contributed by atoms with E-state index in [4.69, 9.17) is 4.74 Å². The number of hydrogen-bond acceptors (Lipinski definition) is 5. The molecule has 1 heterocycles. The average Bonchev–Trinajstić information content (AvgIpc) is 2.22. The van der Waals surface area contributed by atoms with E-state index in [1.807, 2.05) is 0 Å². The summed E-state index contributed by atoms with van der Waals surface area (Å²) in [4.78, 5) is 22.7. The first kappa shape index (κ1) is 11.9. The Morgan fingerprint density at radius 3 is 2.29 bits per heavy atom. The fourth-order valence-corrected chi connectivity index (χ4v) is 2.16. The predicted octanol–water partition coefficient (Wildman–Crippen LogP) is 0.580. The molecule has 0 bridgehead atoms. The molecule has 0 aromatic heterocycles. The van der Waals surface area contributed by atoms with Crippen LogP contribution in [0.15, 0.2) is 11.3 Å². The van der Waals surface area contributed by atoms with E-state index in [9.17, 15) is 9.59 Å². The van der Waals surface area contributed by atoms with Gasteiger partial charge in [0.2, 0.25) is 0 Å². The van der Waals surface area contributed by atoms with Gasteiger partial charge in [-0.1, -0.05) is 0 Å². The Balaban J connectivity index is 2.08. The van der Waals surface area contributed by atoms with Gasteiger partial charge in [0.15, 0.2) is 0 Å². The third kappa shape index (κ3) is 2.12. The van der Waals surface area contributed by atoms with Gasteiger partial charge >= 0.3 is 12.1 Å². The monoisotopic (exact) mass is 241 g/mol. The number of methoxy groups -OCH3 is 2. The minimum atomic E-state index is -0.663. The molecule has 1 aliphatic carbocycles. The summed E-state index contributed by atoms with van der Waals surface area (Å²) in [5, 5.41) is 2.41. The standard InChI is InChI=1S/C11H15NO5/c1-15-9(13)8(12-10(14)16-2)7-3-11(4-7)5-17-6-11/h3-6H2,1-2H3,(H,12,14). The van der Waals surface area contributed by atoms with Gasteiger partial charge < -0.3 is 14.2 Å². The zero-order chi connectivity index (χ0) is 12.5. The fourth-order valence-electron chi connectivity index (χ4n) is 2.16. The number of allylic oxidation sites excluding steroid dienone is 1. The van der Waals surface area contributed by atoms with Crippen LogP contribution in [0.5, 0.6) is 0 Å². The maximum absolute atomic E-state index is 11.5. The molecule has 2 rings (SSSR count). The molecule has 1 saturated carbocycles. The average molecular weight is 241 g/mol. The van der Waals surface area contributed by atoms with E-state index < -0.39 is 12.1 Å². The molecule has 2 aliphatic rings. The normalized spacial score (nSPS) is 20.0. The van der Waals surface area contributed by atoms with Crippen LogP contribution >= 0.6 is 0 Å². The van der Waals surface area contributed by atoms with Crippen molar-refractivity contribution < 1.29 is 23.8 Å². The Labute approximate surface area is 98.9 Å². The van der Waals surface area contributed by atoms with Crippen molar-refractivity contribution in [1.29, 1.82) is 0 Å². The van der Waals surface area contributed by atoms with Gasteiger partial charge in [-0.25, -0.2) is 9.59 Å². The summed E-state index contributed by atoms with van der Waals surface area (Å²) in [6.45, 7) is 1.45. The lowest BCUT2D eigenvalue weighted by Gasteiger charge is -2.50. The van der Waals surface area contributed by atoms with Crippen LogP contribution in [0.3, 0.4) is 0 Å². The number of nitrogens with one attached hydrogen (secondary N) is 1. The summed E-state index contributed by atoms with van der Waals surface area (Å²) in [7, 11) is 2.53. The van der Waals surface area contributed by atoms with Crippen molar-refractivity contribution in [3.63, 3.8) is 0 Å². The Kier molecular flexibility index (Phi) is 3.06. The Morgan fingerprint density at radius 2 is 1.88 bits per heavy atom. The largest absolute Gasteiger partial charge is 0.464 e. The molecular formula is C11H15NO5. The van der Waals surface area contributed by atoms with E-state index in [1.165, 1.54) is 14.2 Å². The number of amides is 1. The number of carbonyl (C=O) groups excluding carboxylic acids is 2. The molecule has 1 aliphatic heterocycles. The van der Waals surface area contributed by atoms with Crippen molar-refractivity contribution in [3.8, 4) is 0 Å². The van der Waals surface area contributed by atoms with Crippen molar-refractivity contribution >= 4 is 12.1 Å². The SMILES string of the molecule is COC(=O)NC(C(=O)OC)=C1CC2(COC2)C1. The highest BCUT2D eigenvalue weighted by Crippen LogP contribution is 2.51. The quantitative estimate of drug-likeness (QED) is 0.565. The molecule has 1 N–H and O–H groups in total. The zero-order valence-electron chi connectivity index (χ0n) is 9.87. The fraction of sp³-hybridized carbons (Fsp3) is 0.636. The van der Waals surface area contributed by atoms with Crippen LogP contribution in [-0.4, -0.2) is 39.5 Å². The zero-order valence-corrected chi connectivity index (χ0v) is 9.87. The van der Waals surface area contributed by atoms with E-state index in [1.54, 1.807) is 0 Å². The molecule has 6 nitrogen and oxygen atoms in total. The molecule has 2 fully saturated rings. The van der Waals surface area contributed by atoms with Gasteiger partial charge in [-0.3, -0.25) is 5.32 Å². The lowest BCUT2D eigenvalue weighted by atomic mass is 9.63. The molecular weight excluding hydrogens is 226 g/mol. The van der Waals surface area contributed by atoms with E-state index in [0.717, 1.165) is 31.6 Å². The molecule has 1 amide bonds. The van der Waals surface area contributed by atoms with Crippen molar-refractivity contribution in [3.05, 3.63) is 11.3 Å². The summed E-state index contributed by atoms with van der Waals surface area (Å²) in [5.74, 6) is -0.541. The molecule has 0 aromatic rings. The molecule has 0 radical (unpaired) electrons. The van der Waals surface area contributed by atoms with Gasteiger partial charge in [-0.15, -0.1) is 0 Å². The first-order valence-corrected chi connectivity index (χ1v) is 5.33. The Bertz CT molecular complexity index is 373. The predicted molar refractivity (Wildman–Crippen MR) is 57.1 cm³/mol. The maximum atomic E-state index is 11.5. The molecule has 1 saturated heterocycles. The second kappa shape index (κ2) is 4.37. The van der Waals surface area contributed by atoms with Crippen molar-refractivity contribution in [1.82, 2.24) is 5.32 Å². The van der Waals surface area contributed by atoms with E-state index in [2.05, 4.69) is 14.8 Å². The van der Waals surface area contributed by atoms with Crippen molar-refractivity contribution in [2.24, 2.45) is 5.41 Å². The van der Waals surface area contributed by atoms with Gasteiger partial charge in [0, 0.05) is 5.41 Å². The van der Waals surface area contributed by atoms with Gasteiger partial charge in [-0.05, 0) is 18.4 Å². The molecule has 0 atom stereocenters. The highest BCUT2D eigenvalue weighted by atomic mass is 16.5. The minimum absolute atomic E-state index is 0.187. The minimum Gasteiger partial charge on any atom is -0.464 e. The lowest BCUT2D eigenvalue weighted by Crippen LogP contribution is -2.50. The molecule has 17 heavy (non-hydrogen) atoms. The van der Waals surface area contributed by atoms with Crippen molar-refractivity contribution in [2.45, 2.75) is 12.8 Å². The Hall–Kier alpha value is -1.56. The van der Waals surface area contributed by atoms with Crippen LogP contribution in [-0.2, 0) is 19.0 Å². The van der Waals surface area contributed by atoms with Crippen LogP contribution in [0.2, 0.25) is 0 Å². The summed E-state index contributed by atoms with van der Waals surface area (Å²) < 4.78 is 14.3. The van der Waals surface area contributed by atoms with E-state index >= 15 is 0 Å². The third-order valence-corrected chi connectivity index (χ3v) is 3.15. The van der Waals surface area contributed by atoms with Gasteiger partial charge in [0.25, 0.3) is 0 Å². The highest BCUT2D eigenvalue weighted by molar-refractivity contribution is 5.93. The van der Waals surface area contributed by atoms with Crippen molar-refractivity contribution in [2.75, 3.05) is 27.4 Å². The summed E-state index contributed by atoms with van der Waals surface area (Å²) >= 11 is 0. The molecule has 0 aromatic carbocycles. The van der Waals surface area contributed by atoms with Gasteiger partial charge in [-0.2, -0.15) is 0 Å². The first-order chi connectivity index (χ1) is 8.10. The first-order valence-electron chi connectivity index (χ1n) is 5.33. The lowest BCUT2D eigenvalue weighted by molar-refractivity contribution is -0.141. The number of esters is 1.